The molecule has 0 atom stereocenters. The Morgan fingerprint density at radius 2 is 1.81 bits per heavy atom. The smallest absolute Gasteiger partial charge is 0.243 e. The molecule has 1 aromatic carbocycles. The fourth-order valence-electron chi connectivity index (χ4n) is 2.96. The number of carbonyl (C=O) groups excluding carboxylic acids is 1. The zero-order valence-corrected chi connectivity index (χ0v) is 16.7. The monoisotopic (exact) mass is 411 g/mol. The summed E-state index contributed by atoms with van der Waals surface area (Å²) in [6.07, 6.45) is 0. The Morgan fingerprint density at radius 1 is 1.15 bits per heavy atom. The van der Waals surface area contributed by atoms with Crippen molar-refractivity contribution < 1.29 is 17.6 Å². The number of hydrogen-bond acceptors (Lipinski definition) is 5. The molecule has 0 radical (unpaired) electrons. The maximum Gasteiger partial charge on any atom is 0.243 e. The first-order chi connectivity index (χ1) is 12.9. The van der Waals surface area contributed by atoms with Gasteiger partial charge in [-0.2, -0.15) is 15.6 Å². The summed E-state index contributed by atoms with van der Waals surface area (Å²) in [7, 11) is -2.46. The Morgan fingerprint density at radius 3 is 2.41 bits per heavy atom. The molecule has 2 heterocycles. The van der Waals surface area contributed by atoms with Crippen LogP contribution in [-0.2, 0) is 21.4 Å². The van der Waals surface area contributed by atoms with Crippen molar-refractivity contribution in [2.75, 3.05) is 39.8 Å². The summed E-state index contributed by atoms with van der Waals surface area (Å²) in [5.41, 5.74) is 1.27. The zero-order chi connectivity index (χ0) is 19.4. The first-order valence-corrected chi connectivity index (χ1v) is 11.0. The molecule has 1 saturated heterocycles. The van der Waals surface area contributed by atoms with Gasteiger partial charge < -0.3 is 4.90 Å². The van der Waals surface area contributed by atoms with Crippen molar-refractivity contribution in [3.05, 3.63) is 52.5 Å². The highest BCUT2D eigenvalue weighted by molar-refractivity contribution is 7.89. The van der Waals surface area contributed by atoms with Gasteiger partial charge in [0.15, 0.2) is 0 Å². The van der Waals surface area contributed by atoms with Crippen LogP contribution < -0.4 is 0 Å². The molecule has 0 unspecified atom stereocenters. The Kier molecular flexibility index (Phi) is 6.25. The van der Waals surface area contributed by atoms with E-state index in [0.717, 1.165) is 36.1 Å². The van der Waals surface area contributed by atoms with Crippen LogP contribution in [-0.4, -0.2) is 68.2 Å². The summed E-state index contributed by atoms with van der Waals surface area (Å²) >= 11 is 1.67. The standard InChI is InChI=1S/C18H22FN3O3S2/c1-20(27(24,25)17-4-2-16(19)3-5-17)13-18(23)22-9-7-21(8-10-22)12-15-6-11-26-14-15/h2-6,11,14H,7-10,12-13H2,1H3. The molecule has 1 amide bonds. The number of sulfonamides is 1. The number of halogens is 1. The molecule has 6 nitrogen and oxygen atoms in total. The third-order valence-electron chi connectivity index (χ3n) is 4.59. The lowest BCUT2D eigenvalue weighted by Gasteiger charge is -2.35. The van der Waals surface area contributed by atoms with Gasteiger partial charge in [0.1, 0.15) is 5.82 Å². The van der Waals surface area contributed by atoms with Crippen LogP contribution in [0.15, 0.2) is 46.0 Å². The van der Waals surface area contributed by atoms with E-state index in [1.807, 2.05) is 5.38 Å². The molecule has 3 rings (SSSR count). The fourth-order valence-corrected chi connectivity index (χ4v) is 4.74. The van der Waals surface area contributed by atoms with Crippen LogP contribution in [0.5, 0.6) is 0 Å². The molecule has 2 aromatic rings. The number of amides is 1. The second-order valence-corrected chi connectivity index (χ2v) is 9.33. The first kappa shape index (κ1) is 19.9. The topological polar surface area (TPSA) is 60.9 Å². The molecule has 1 fully saturated rings. The van der Waals surface area contributed by atoms with Gasteiger partial charge in [0.2, 0.25) is 15.9 Å². The van der Waals surface area contributed by atoms with E-state index in [-0.39, 0.29) is 17.3 Å². The minimum Gasteiger partial charge on any atom is -0.339 e. The Bertz CT molecular complexity index is 862. The van der Waals surface area contributed by atoms with Crippen LogP contribution in [0.2, 0.25) is 0 Å². The first-order valence-electron chi connectivity index (χ1n) is 8.59. The number of benzene rings is 1. The van der Waals surface area contributed by atoms with Crippen molar-refractivity contribution in [1.82, 2.24) is 14.1 Å². The molecule has 146 valence electrons. The highest BCUT2D eigenvalue weighted by Gasteiger charge is 2.27. The summed E-state index contributed by atoms with van der Waals surface area (Å²) in [4.78, 5) is 16.5. The highest BCUT2D eigenvalue weighted by atomic mass is 32.2. The van der Waals surface area contributed by atoms with Crippen molar-refractivity contribution in [3.63, 3.8) is 0 Å². The van der Waals surface area contributed by atoms with Crippen LogP contribution in [0.3, 0.4) is 0 Å². The number of nitrogens with zero attached hydrogens (tertiary/aromatic N) is 3. The Balaban J connectivity index is 1.53. The second-order valence-electron chi connectivity index (χ2n) is 6.50. The molecule has 1 aliphatic heterocycles. The van der Waals surface area contributed by atoms with Gasteiger partial charge in [-0.3, -0.25) is 9.69 Å². The van der Waals surface area contributed by atoms with Gasteiger partial charge in [-0.25, -0.2) is 12.8 Å². The van der Waals surface area contributed by atoms with E-state index in [1.165, 1.54) is 24.7 Å². The van der Waals surface area contributed by atoms with Gasteiger partial charge in [0, 0.05) is 39.8 Å². The molecular formula is C18H22FN3O3S2. The molecule has 0 spiro atoms. The second kappa shape index (κ2) is 8.47. The lowest BCUT2D eigenvalue weighted by atomic mass is 10.2. The van der Waals surface area contributed by atoms with Crippen molar-refractivity contribution in [2.45, 2.75) is 11.4 Å². The lowest BCUT2D eigenvalue weighted by Crippen LogP contribution is -2.51. The summed E-state index contributed by atoms with van der Waals surface area (Å²) < 4.78 is 39.1. The predicted molar refractivity (Wildman–Crippen MR) is 102 cm³/mol. The van der Waals surface area contributed by atoms with Crippen LogP contribution in [0.1, 0.15) is 5.56 Å². The average Bonchev–Trinajstić information content (AvgIpc) is 3.15. The number of carbonyl (C=O) groups is 1. The third-order valence-corrected chi connectivity index (χ3v) is 7.14. The minimum atomic E-state index is -3.82. The SMILES string of the molecule is CN(CC(=O)N1CCN(Cc2ccsc2)CC1)S(=O)(=O)c1ccc(F)cc1. The molecule has 27 heavy (non-hydrogen) atoms. The maximum absolute atomic E-state index is 13.0. The molecule has 0 N–H and O–H groups in total. The van der Waals surface area contributed by atoms with Gasteiger partial charge in [0.05, 0.1) is 11.4 Å². The lowest BCUT2D eigenvalue weighted by molar-refractivity contribution is -0.133. The van der Waals surface area contributed by atoms with E-state index in [9.17, 15) is 17.6 Å². The molecule has 0 aliphatic carbocycles. The third kappa shape index (κ3) is 4.92. The largest absolute Gasteiger partial charge is 0.339 e. The average molecular weight is 412 g/mol. The molecule has 0 bridgehead atoms. The minimum absolute atomic E-state index is 0.0280. The number of thiophene rings is 1. The van der Waals surface area contributed by atoms with Gasteiger partial charge in [-0.1, -0.05) is 0 Å². The van der Waals surface area contributed by atoms with E-state index in [2.05, 4.69) is 16.3 Å². The Hall–Kier alpha value is -1.81. The van der Waals surface area contributed by atoms with Crippen LogP contribution in [0, 0.1) is 5.82 Å². The number of piperazine rings is 1. The Labute approximate surface area is 162 Å². The maximum atomic E-state index is 13.0. The molecule has 9 heteroatoms. The van der Waals surface area contributed by atoms with Crippen molar-refractivity contribution in [3.8, 4) is 0 Å². The summed E-state index contributed by atoms with van der Waals surface area (Å²) in [6.45, 7) is 3.31. The predicted octanol–water partition coefficient (Wildman–Crippen LogP) is 1.85. The van der Waals surface area contributed by atoms with Gasteiger partial charge >= 0.3 is 0 Å². The zero-order valence-electron chi connectivity index (χ0n) is 15.0. The molecule has 1 aliphatic rings. The number of rotatable bonds is 6. The van der Waals surface area contributed by atoms with Crippen LogP contribution in [0.25, 0.3) is 0 Å². The number of hydrogen-bond donors (Lipinski definition) is 0. The molecular weight excluding hydrogens is 389 g/mol. The summed E-state index contributed by atoms with van der Waals surface area (Å²) in [5, 5.41) is 4.17. The quantitative estimate of drug-likeness (QED) is 0.728. The molecule has 1 aromatic heterocycles. The normalized spacial score (nSPS) is 16.0. The van der Waals surface area contributed by atoms with Gasteiger partial charge in [0.25, 0.3) is 0 Å². The van der Waals surface area contributed by atoms with E-state index < -0.39 is 15.8 Å². The van der Waals surface area contributed by atoms with Gasteiger partial charge in [-0.15, -0.1) is 0 Å². The fraction of sp³-hybridized carbons (Fsp3) is 0.389. The van der Waals surface area contributed by atoms with E-state index in [4.69, 9.17) is 0 Å². The summed E-state index contributed by atoms with van der Waals surface area (Å²) in [6, 6.07) is 6.69. The van der Waals surface area contributed by atoms with Gasteiger partial charge in [-0.05, 0) is 46.7 Å². The van der Waals surface area contributed by atoms with Crippen molar-refractivity contribution in [1.29, 1.82) is 0 Å². The van der Waals surface area contributed by atoms with E-state index in [1.54, 1.807) is 16.2 Å². The molecule has 0 saturated carbocycles. The van der Waals surface area contributed by atoms with Crippen LogP contribution >= 0.6 is 11.3 Å². The summed E-state index contributed by atoms with van der Waals surface area (Å²) in [5.74, 6) is -0.730. The van der Waals surface area contributed by atoms with Crippen LogP contribution in [0.4, 0.5) is 4.39 Å². The van der Waals surface area contributed by atoms with E-state index in [0.29, 0.717) is 13.1 Å². The highest BCUT2D eigenvalue weighted by Crippen LogP contribution is 2.16. The van der Waals surface area contributed by atoms with E-state index >= 15 is 0 Å². The number of likely N-dealkylation sites (N-methyl/N-ethyl adjacent to an activating group) is 1. The van der Waals surface area contributed by atoms with Crippen molar-refractivity contribution >= 4 is 27.3 Å². The van der Waals surface area contributed by atoms with Crippen molar-refractivity contribution in [2.24, 2.45) is 0 Å².